The maximum absolute atomic E-state index is 12.4. The van der Waals surface area contributed by atoms with Gasteiger partial charge in [-0.1, -0.05) is 26.2 Å². The van der Waals surface area contributed by atoms with Crippen molar-refractivity contribution in [2.24, 2.45) is 0 Å². The van der Waals surface area contributed by atoms with Gasteiger partial charge in [0.25, 0.3) is 5.91 Å². The van der Waals surface area contributed by atoms with Crippen LogP contribution >= 0.6 is 0 Å². The lowest BCUT2D eigenvalue weighted by atomic mass is 9.95. The number of carbonyl (C=O) groups excluding carboxylic acids is 1. The van der Waals surface area contributed by atoms with Crippen molar-refractivity contribution in [3.8, 4) is 5.75 Å². The Labute approximate surface area is 150 Å². The highest BCUT2D eigenvalue weighted by molar-refractivity contribution is 7.92. The second-order valence-electron chi connectivity index (χ2n) is 6.58. The van der Waals surface area contributed by atoms with Crippen molar-refractivity contribution in [3.05, 3.63) is 24.3 Å². The minimum Gasteiger partial charge on any atom is -0.481 e. The van der Waals surface area contributed by atoms with Gasteiger partial charge < -0.3 is 10.1 Å². The average Bonchev–Trinajstić information content (AvgIpc) is 2.59. The van der Waals surface area contributed by atoms with Gasteiger partial charge >= 0.3 is 0 Å². The molecular weight excluding hydrogens is 340 g/mol. The number of anilines is 1. The molecule has 0 aliphatic heterocycles. The van der Waals surface area contributed by atoms with Crippen LogP contribution in [0, 0.1) is 0 Å². The maximum Gasteiger partial charge on any atom is 0.261 e. The van der Waals surface area contributed by atoms with Gasteiger partial charge in [0.2, 0.25) is 10.0 Å². The molecule has 0 heterocycles. The van der Waals surface area contributed by atoms with E-state index in [0.29, 0.717) is 17.9 Å². The minimum absolute atomic E-state index is 0.0771. The van der Waals surface area contributed by atoms with E-state index in [1.807, 2.05) is 6.92 Å². The lowest BCUT2D eigenvalue weighted by Crippen LogP contribution is -2.44. The molecule has 7 heteroatoms. The number of ether oxygens (including phenoxy) is 1. The van der Waals surface area contributed by atoms with Crippen LogP contribution in [0.25, 0.3) is 0 Å². The highest BCUT2D eigenvalue weighted by atomic mass is 32.2. The summed E-state index contributed by atoms with van der Waals surface area (Å²) in [6, 6.07) is 6.97. The summed E-state index contributed by atoms with van der Waals surface area (Å²) in [7, 11) is -1.80. The van der Waals surface area contributed by atoms with E-state index < -0.39 is 16.1 Å². The number of rotatable bonds is 7. The molecule has 2 rings (SSSR count). The van der Waals surface area contributed by atoms with Crippen molar-refractivity contribution in [2.75, 3.05) is 17.6 Å². The Bertz CT molecular complexity index is 667. The first-order valence-corrected chi connectivity index (χ1v) is 10.7. The van der Waals surface area contributed by atoms with Crippen LogP contribution in [0.2, 0.25) is 0 Å². The second kappa shape index (κ2) is 8.56. The second-order valence-corrected chi connectivity index (χ2v) is 8.60. The lowest BCUT2D eigenvalue weighted by Gasteiger charge is -2.25. The van der Waals surface area contributed by atoms with E-state index in [1.54, 1.807) is 24.3 Å². The number of nitrogens with one attached hydrogen (secondary N) is 1. The first-order valence-electron chi connectivity index (χ1n) is 8.82. The van der Waals surface area contributed by atoms with Crippen molar-refractivity contribution >= 4 is 21.6 Å². The van der Waals surface area contributed by atoms with E-state index in [4.69, 9.17) is 4.74 Å². The normalized spacial score (nSPS) is 16.9. The fourth-order valence-electron chi connectivity index (χ4n) is 2.95. The molecule has 0 unspecified atom stereocenters. The van der Waals surface area contributed by atoms with Gasteiger partial charge in [-0.15, -0.1) is 0 Å². The molecule has 1 amide bonds. The third-order valence-electron chi connectivity index (χ3n) is 4.59. The molecule has 1 aliphatic carbocycles. The smallest absolute Gasteiger partial charge is 0.261 e. The molecule has 1 atom stereocenters. The molecule has 1 N–H and O–H groups in total. The van der Waals surface area contributed by atoms with E-state index in [1.165, 1.54) is 17.8 Å². The Hall–Kier alpha value is -1.76. The molecule has 0 radical (unpaired) electrons. The molecule has 1 saturated carbocycles. The zero-order valence-corrected chi connectivity index (χ0v) is 16.0. The molecular formula is C18H28N2O4S. The quantitative estimate of drug-likeness (QED) is 0.803. The number of hydrogen-bond acceptors (Lipinski definition) is 4. The Balaban J connectivity index is 1.97. The van der Waals surface area contributed by atoms with Crippen molar-refractivity contribution < 1.29 is 17.9 Å². The van der Waals surface area contributed by atoms with Crippen LogP contribution in [-0.4, -0.2) is 39.8 Å². The standard InChI is InChI=1S/C18H28N2O4S/c1-4-17(18(21)19-14-8-6-5-7-9-14)24-16-12-10-15(11-13-16)20(2)25(3,22)23/h10-14,17H,4-9H2,1-3H3,(H,19,21)/t17-/m0/s1. The summed E-state index contributed by atoms with van der Waals surface area (Å²) in [4.78, 5) is 12.4. The highest BCUT2D eigenvalue weighted by Gasteiger charge is 2.23. The Morgan fingerprint density at radius 2 is 1.84 bits per heavy atom. The lowest BCUT2D eigenvalue weighted by molar-refractivity contribution is -0.129. The molecule has 1 fully saturated rings. The summed E-state index contributed by atoms with van der Waals surface area (Å²) in [5, 5.41) is 3.09. The zero-order chi connectivity index (χ0) is 18.4. The van der Waals surface area contributed by atoms with Crippen molar-refractivity contribution in [2.45, 2.75) is 57.6 Å². The number of sulfonamides is 1. The zero-order valence-electron chi connectivity index (χ0n) is 15.2. The van der Waals surface area contributed by atoms with E-state index in [0.717, 1.165) is 31.9 Å². The Morgan fingerprint density at radius 1 is 1.24 bits per heavy atom. The molecule has 0 aromatic heterocycles. The number of nitrogens with zero attached hydrogens (tertiary/aromatic N) is 1. The van der Waals surface area contributed by atoms with E-state index in [2.05, 4.69) is 5.32 Å². The molecule has 0 bridgehead atoms. The van der Waals surface area contributed by atoms with Crippen LogP contribution in [0.4, 0.5) is 5.69 Å². The predicted octanol–water partition coefficient (Wildman–Crippen LogP) is 2.69. The fraction of sp³-hybridized carbons (Fsp3) is 0.611. The van der Waals surface area contributed by atoms with Crippen molar-refractivity contribution in [1.29, 1.82) is 0 Å². The van der Waals surface area contributed by atoms with Gasteiger partial charge in [-0.2, -0.15) is 0 Å². The fourth-order valence-corrected chi connectivity index (χ4v) is 3.46. The van der Waals surface area contributed by atoms with Crippen molar-refractivity contribution in [3.63, 3.8) is 0 Å². The van der Waals surface area contributed by atoms with E-state index >= 15 is 0 Å². The molecule has 1 aromatic rings. The Kier molecular flexibility index (Phi) is 6.70. The average molecular weight is 368 g/mol. The van der Waals surface area contributed by atoms with E-state index in [-0.39, 0.29) is 11.9 Å². The number of benzene rings is 1. The summed E-state index contributed by atoms with van der Waals surface area (Å²) in [6.07, 6.45) is 6.83. The van der Waals surface area contributed by atoms with Crippen LogP contribution in [0.5, 0.6) is 5.75 Å². The van der Waals surface area contributed by atoms with Gasteiger partial charge in [-0.05, 0) is 43.5 Å². The summed E-state index contributed by atoms with van der Waals surface area (Å²) >= 11 is 0. The first-order chi connectivity index (χ1) is 11.8. The Morgan fingerprint density at radius 3 is 2.36 bits per heavy atom. The summed E-state index contributed by atoms with van der Waals surface area (Å²) in [5.74, 6) is 0.475. The largest absolute Gasteiger partial charge is 0.481 e. The minimum atomic E-state index is -3.30. The molecule has 0 spiro atoms. The number of amides is 1. The van der Waals surface area contributed by atoms with Gasteiger partial charge in [0.15, 0.2) is 6.10 Å². The molecule has 6 nitrogen and oxygen atoms in total. The third kappa shape index (κ3) is 5.63. The van der Waals surface area contributed by atoms with Gasteiger partial charge in [0.1, 0.15) is 5.75 Å². The van der Waals surface area contributed by atoms with Gasteiger partial charge in [-0.25, -0.2) is 8.42 Å². The molecule has 140 valence electrons. The first kappa shape index (κ1) is 19.6. The van der Waals surface area contributed by atoms with Crippen LogP contribution in [-0.2, 0) is 14.8 Å². The van der Waals surface area contributed by atoms with Crippen LogP contribution < -0.4 is 14.4 Å². The maximum atomic E-state index is 12.4. The highest BCUT2D eigenvalue weighted by Crippen LogP contribution is 2.22. The molecule has 25 heavy (non-hydrogen) atoms. The predicted molar refractivity (Wildman–Crippen MR) is 99.4 cm³/mol. The number of carbonyl (C=O) groups is 1. The van der Waals surface area contributed by atoms with E-state index in [9.17, 15) is 13.2 Å². The van der Waals surface area contributed by atoms with Crippen LogP contribution in [0.1, 0.15) is 45.4 Å². The SMILES string of the molecule is CC[C@H](Oc1ccc(N(C)S(C)(=O)=O)cc1)C(=O)NC1CCCCC1. The monoisotopic (exact) mass is 368 g/mol. The van der Waals surface area contributed by atoms with Gasteiger partial charge in [0, 0.05) is 13.1 Å². The molecule has 0 saturated heterocycles. The van der Waals surface area contributed by atoms with Crippen molar-refractivity contribution in [1.82, 2.24) is 5.32 Å². The number of hydrogen-bond donors (Lipinski definition) is 1. The van der Waals surface area contributed by atoms with Crippen LogP contribution in [0.15, 0.2) is 24.3 Å². The van der Waals surface area contributed by atoms with Gasteiger partial charge in [-0.3, -0.25) is 9.10 Å². The summed E-state index contributed by atoms with van der Waals surface area (Å²) < 4.78 is 30.1. The summed E-state index contributed by atoms with van der Waals surface area (Å²) in [5.41, 5.74) is 0.551. The van der Waals surface area contributed by atoms with Crippen LogP contribution in [0.3, 0.4) is 0 Å². The third-order valence-corrected chi connectivity index (χ3v) is 5.80. The topological polar surface area (TPSA) is 75.7 Å². The molecule has 1 aromatic carbocycles. The molecule has 1 aliphatic rings. The summed E-state index contributed by atoms with van der Waals surface area (Å²) in [6.45, 7) is 1.91. The van der Waals surface area contributed by atoms with Gasteiger partial charge in [0.05, 0.1) is 11.9 Å².